The molecule has 0 aliphatic carbocycles. The molecule has 0 spiro atoms. The second kappa shape index (κ2) is 10.1. The predicted octanol–water partition coefficient (Wildman–Crippen LogP) is 6.13. The van der Waals surface area contributed by atoms with Crippen LogP contribution in [0.3, 0.4) is 0 Å². The Hall–Kier alpha value is -3.71. The number of oxazole rings is 1. The zero-order valence-electron chi connectivity index (χ0n) is 19.6. The summed E-state index contributed by atoms with van der Waals surface area (Å²) in [6, 6.07) is 19.3. The molecule has 3 aromatic carbocycles. The lowest BCUT2D eigenvalue weighted by atomic mass is 10.0. The number of thiocarbonyl (C=S) groups is 1. The molecule has 0 saturated carbocycles. The van der Waals surface area contributed by atoms with E-state index in [-0.39, 0.29) is 17.6 Å². The first-order chi connectivity index (χ1) is 16.3. The van der Waals surface area contributed by atoms with Gasteiger partial charge in [-0.3, -0.25) is 10.1 Å². The highest BCUT2D eigenvalue weighted by atomic mass is 32.1. The zero-order chi connectivity index (χ0) is 24.2. The largest absolute Gasteiger partial charge is 0.484 e. The number of amides is 1. The SMILES string of the molecule is Cc1ccc(OCC(=O)NC(=S)Nc2cccc(-c3nc4cc(C(C)C)ccc4o3)c2)cc1C. The Morgan fingerprint density at radius 2 is 1.88 bits per heavy atom. The van der Waals surface area contributed by atoms with Crippen LogP contribution in [0.2, 0.25) is 0 Å². The zero-order valence-corrected chi connectivity index (χ0v) is 20.5. The summed E-state index contributed by atoms with van der Waals surface area (Å²) in [5.74, 6) is 1.24. The van der Waals surface area contributed by atoms with Crippen LogP contribution in [-0.2, 0) is 4.79 Å². The molecule has 0 aliphatic heterocycles. The summed E-state index contributed by atoms with van der Waals surface area (Å²) >= 11 is 5.29. The number of nitrogens with zero attached hydrogens (tertiary/aromatic N) is 1. The van der Waals surface area contributed by atoms with Crippen LogP contribution in [0, 0.1) is 13.8 Å². The molecule has 0 unspecified atom stereocenters. The van der Waals surface area contributed by atoms with Crippen LogP contribution in [0.5, 0.6) is 5.75 Å². The molecule has 0 atom stereocenters. The van der Waals surface area contributed by atoms with Crippen molar-refractivity contribution < 1.29 is 13.9 Å². The molecule has 4 aromatic rings. The quantitative estimate of drug-likeness (QED) is 0.328. The monoisotopic (exact) mass is 473 g/mol. The fraction of sp³-hybridized carbons (Fsp3) is 0.222. The molecule has 0 fully saturated rings. The van der Waals surface area contributed by atoms with E-state index >= 15 is 0 Å². The maximum atomic E-state index is 12.2. The van der Waals surface area contributed by atoms with E-state index in [0.717, 1.165) is 22.2 Å². The van der Waals surface area contributed by atoms with E-state index in [4.69, 9.17) is 21.4 Å². The van der Waals surface area contributed by atoms with Gasteiger partial charge < -0.3 is 14.5 Å². The molecule has 34 heavy (non-hydrogen) atoms. The van der Waals surface area contributed by atoms with Gasteiger partial charge in [-0.2, -0.15) is 0 Å². The maximum Gasteiger partial charge on any atom is 0.264 e. The Morgan fingerprint density at radius 1 is 1.06 bits per heavy atom. The molecule has 1 amide bonds. The topological polar surface area (TPSA) is 76.4 Å². The predicted molar refractivity (Wildman–Crippen MR) is 139 cm³/mol. The van der Waals surface area contributed by atoms with E-state index in [9.17, 15) is 4.79 Å². The average Bonchev–Trinajstić information content (AvgIpc) is 3.23. The van der Waals surface area contributed by atoms with Gasteiger partial charge in [-0.1, -0.05) is 32.0 Å². The Morgan fingerprint density at radius 3 is 2.65 bits per heavy atom. The van der Waals surface area contributed by atoms with Crippen molar-refractivity contribution >= 4 is 40.0 Å². The first-order valence-corrected chi connectivity index (χ1v) is 11.5. The third kappa shape index (κ3) is 5.61. The highest BCUT2D eigenvalue weighted by Gasteiger charge is 2.12. The Labute approximate surface area is 204 Å². The molecule has 6 nitrogen and oxygen atoms in total. The van der Waals surface area contributed by atoms with E-state index in [0.29, 0.717) is 23.2 Å². The number of aromatic nitrogens is 1. The average molecular weight is 474 g/mol. The molecule has 1 heterocycles. The Balaban J connectivity index is 1.38. The molecule has 0 bridgehead atoms. The van der Waals surface area contributed by atoms with Crippen LogP contribution in [0.25, 0.3) is 22.6 Å². The van der Waals surface area contributed by atoms with Crippen LogP contribution >= 0.6 is 12.2 Å². The number of ether oxygens (including phenoxy) is 1. The van der Waals surface area contributed by atoms with E-state index in [1.807, 2.05) is 62.4 Å². The molecule has 174 valence electrons. The summed E-state index contributed by atoms with van der Waals surface area (Å²) in [7, 11) is 0. The number of carbonyl (C=O) groups is 1. The standard InChI is InChI=1S/C27H27N3O3S/c1-16(2)19-9-11-24-23(14-19)29-26(33-24)20-6-5-7-21(13-20)28-27(34)30-25(31)15-32-22-10-8-17(3)18(4)12-22/h5-14,16H,15H2,1-4H3,(H2,28,30,31,34). The Bertz CT molecular complexity index is 1360. The number of hydrogen-bond donors (Lipinski definition) is 2. The lowest BCUT2D eigenvalue weighted by Gasteiger charge is -2.11. The highest BCUT2D eigenvalue weighted by Crippen LogP contribution is 2.28. The molecule has 2 N–H and O–H groups in total. The summed E-state index contributed by atoms with van der Waals surface area (Å²) in [6.07, 6.45) is 0. The highest BCUT2D eigenvalue weighted by molar-refractivity contribution is 7.80. The molecule has 4 rings (SSSR count). The van der Waals surface area contributed by atoms with Crippen LogP contribution in [-0.4, -0.2) is 22.6 Å². The lowest BCUT2D eigenvalue weighted by Crippen LogP contribution is -2.37. The Kier molecular flexibility index (Phi) is 6.93. The third-order valence-corrected chi connectivity index (χ3v) is 5.75. The van der Waals surface area contributed by atoms with E-state index in [2.05, 4.69) is 41.6 Å². The minimum absolute atomic E-state index is 0.133. The van der Waals surface area contributed by atoms with Crippen molar-refractivity contribution in [3.63, 3.8) is 0 Å². The minimum Gasteiger partial charge on any atom is -0.484 e. The minimum atomic E-state index is -0.341. The smallest absolute Gasteiger partial charge is 0.264 e. The fourth-order valence-corrected chi connectivity index (χ4v) is 3.67. The van der Waals surface area contributed by atoms with Crippen molar-refractivity contribution in [2.24, 2.45) is 0 Å². The van der Waals surface area contributed by atoms with Crippen LogP contribution in [0.1, 0.15) is 36.5 Å². The second-order valence-electron chi connectivity index (χ2n) is 8.52. The van der Waals surface area contributed by atoms with Crippen molar-refractivity contribution in [3.05, 3.63) is 77.4 Å². The van der Waals surface area contributed by atoms with Crippen LogP contribution < -0.4 is 15.4 Å². The number of aryl methyl sites for hydroxylation is 2. The number of hydrogen-bond acceptors (Lipinski definition) is 5. The van der Waals surface area contributed by atoms with Crippen molar-refractivity contribution in [3.8, 4) is 17.2 Å². The summed E-state index contributed by atoms with van der Waals surface area (Å²) < 4.78 is 11.5. The number of benzene rings is 3. The molecule has 7 heteroatoms. The van der Waals surface area contributed by atoms with Gasteiger partial charge in [0.25, 0.3) is 5.91 Å². The van der Waals surface area contributed by atoms with Crippen LogP contribution in [0.15, 0.2) is 65.1 Å². The van der Waals surface area contributed by atoms with E-state index in [1.54, 1.807) is 0 Å². The van der Waals surface area contributed by atoms with Gasteiger partial charge in [0.15, 0.2) is 17.3 Å². The molecule has 0 saturated heterocycles. The van der Waals surface area contributed by atoms with Gasteiger partial charge in [0.2, 0.25) is 5.89 Å². The molecule has 0 radical (unpaired) electrons. The number of anilines is 1. The fourth-order valence-electron chi connectivity index (χ4n) is 3.43. The first kappa shape index (κ1) is 23.4. The summed E-state index contributed by atoms with van der Waals surface area (Å²) in [5.41, 5.74) is 6.57. The van der Waals surface area contributed by atoms with Gasteiger partial charge in [-0.15, -0.1) is 0 Å². The van der Waals surface area contributed by atoms with E-state index < -0.39 is 0 Å². The van der Waals surface area contributed by atoms with Crippen molar-refractivity contribution in [2.75, 3.05) is 11.9 Å². The summed E-state index contributed by atoms with van der Waals surface area (Å²) in [5, 5.41) is 5.85. The van der Waals surface area contributed by atoms with Gasteiger partial charge in [0, 0.05) is 11.3 Å². The molecular weight excluding hydrogens is 446 g/mol. The van der Waals surface area contributed by atoms with Gasteiger partial charge in [-0.25, -0.2) is 4.98 Å². The lowest BCUT2D eigenvalue weighted by molar-refractivity contribution is -0.121. The van der Waals surface area contributed by atoms with Crippen LogP contribution in [0.4, 0.5) is 5.69 Å². The van der Waals surface area contributed by atoms with E-state index in [1.165, 1.54) is 11.1 Å². The van der Waals surface area contributed by atoms with Gasteiger partial charge >= 0.3 is 0 Å². The first-order valence-electron chi connectivity index (χ1n) is 11.1. The molecular formula is C27H27N3O3S. The number of fused-ring (bicyclic) bond motifs is 1. The van der Waals surface area contributed by atoms with Crippen molar-refractivity contribution in [1.82, 2.24) is 10.3 Å². The van der Waals surface area contributed by atoms with Crippen molar-refractivity contribution in [2.45, 2.75) is 33.6 Å². The van der Waals surface area contributed by atoms with Gasteiger partial charge in [0.1, 0.15) is 11.3 Å². The number of rotatable bonds is 6. The normalized spacial score (nSPS) is 11.0. The van der Waals surface area contributed by atoms with Gasteiger partial charge in [-0.05, 0) is 91.1 Å². The van der Waals surface area contributed by atoms with Gasteiger partial charge in [0.05, 0.1) is 0 Å². The van der Waals surface area contributed by atoms with Crippen molar-refractivity contribution in [1.29, 1.82) is 0 Å². The summed E-state index contributed by atoms with van der Waals surface area (Å²) in [6.45, 7) is 8.19. The maximum absolute atomic E-state index is 12.2. The molecule has 1 aromatic heterocycles. The summed E-state index contributed by atoms with van der Waals surface area (Å²) in [4.78, 5) is 16.9. The number of nitrogens with one attached hydrogen (secondary N) is 2. The second-order valence-corrected chi connectivity index (χ2v) is 8.93. The molecule has 0 aliphatic rings. The number of carbonyl (C=O) groups excluding carboxylic acids is 1. The third-order valence-electron chi connectivity index (χ3n) is 5.55.